The summed E-state index contributed by atoms with van der Waals surface area (Å²) in [4.78, 5) is 29.0. The molecule has 1 unspecified atom stereocenters. The fourth-order valence-electron chi connectivity index (χ4n) is 4.21. The molecule has 0 bridgehead atoms. The summed E-state index contributed by atoms with van der Waals surface area (Å²) >= 11 is 18.8. The van der Waals surface area contributed by atoms with E-state index in [9.17, 15) is 18.0 Å². The van der Waals surface area contributed by atoms with Crippen LogP contribution in [0.2, 0.25) is 15.1 Å². The zero-order chi connectivity index (χ0) is 29.4. The van der Waals surface area contributed by atoms with Crippen LogP contribution in [0.4, 0.5) is 5.69 Å². The van der Waals surface area contributed by atoms with Crippen LogP contribution in [-0.4, -0.2) is 50.5 Å². The molecule has 1 N–H and O–H groups in total. The number of carbonyl (C=O) groups excluding carboxylic acids is 2. The molecule has 0 saturated carbocycles. The Hall–Kier alpha value is -2.78. The van der Waals surface area contributed by atoms with Crippen LogP contribution in [0.1, 0.15) is 30.0 Å². The van der Waals surface area contributed by atoms with Crippen LogP contribution in [0.3, 0.4) is 0 Å². The highest BCUT2D eigenvalue weighted by Crippen LogP contribution is 2.29. The molecule has 0 aromatic heterocycles. The van der Waals surface area contributed by atoms with Gasteiger partial charge in [0.25, 0.3) is 0 Å². The molecule has 7 nitrogen and oxygen atoms in total. The molecule has 11 heteroatoms. The third-order valence-electron chi connectivity index (χ3n) is 6.36. The van der Waals surface area contributed by atoms with Gasteiger partial charge in [-0.3, -0.25) is 13.9 Å². The fraction of sp³-hybridized carbons (Fsp3) is 0.310. The minimum Gasteiger partial charge on any atom is -0.354 e. The molecule has 0 spiro atoms. The summed E-state index contributed by atoms with van der Waals surface area (Å²) in [5, 5.41) is 4.00. The maximum absolute atomic E-state index is 14.1. The predicted octanol–water partition coefficient (Wildman–Crippen LogP) is 5.89. The summed E-state index contributed by atoms with van der Waals surface area (Å²) in [5.74, 6) is -0.933. The lowest BCUT2D eigenvalue weighted by Crippen LogP contribution is -2.53. The summed E-state index contributed by atoms with van der Waals surface area (Å²) in [6, 6.07) is 18.1. The van der Waals surface area contributed by atoms with Gasteiger partial charge in [-0.25, -0.2) is 8.42 Å². The average molecular weight is 625 g/mol. The first kappa shape index (κ1) is 31.7. The molecule has 3 aromatic rings. The zero-order valence-electron chi connectivity index (χ0n) is 22.5. The van der Waals surface area contributed by atoms with Gasteiger partial charge in [-0.2, -0.15) is 0 Å². The molecular weight excluding hydrogens is 593 g/mol. The number of halogens is 3. The third-order valence-corrected chi connectivity index (χ3v) is 8.49. The van der Waals surface area contributed by atoms with E-state index in [4.69, 9.17) is 34.8 Å². The molecule has 0 aliphatic carbocycles. The molecule has 0 aliphatic heterocycles. The van der Waals surface area contributed by atoms with Crippen LogP contribution < -0.4 is 9.62 Å². The smallest absolute Gasteiger partial charge is 0.244 e. The quantitative estimate of drug-likeness (QED) is 0.272. The van der Waals surface area contributed by atoms with Gasteiger partial charge in [-0.05, 0) is 54.3 Å². The van der Waals surface area contributed by atoms with Crippen LogP contribution in [0.15, 0.2) is 66.7 Å². The highest BCUT2D eigenvalue weighted by Gasteiger charge is 2.33. The highest BCUT2D eigenvalue weighted by molar-refractivity contribution is 7.92. The van der Waals surface area contributed by atoms with Gasteiger partial charge in [-0.1, -0.05) is 84.2 Å². The lowest BCUT2D eigenvalue weighted by atomic mass is 10.0. The second-order valence-corrected chi connectivity index (χ2v) is 12.6. The predicted molar refractivity (Wildman–Crippen MR) is 163 cm³/mol. The Morgan fingerprint density at radius 3 is 2.27 bits per heavy atom. The van der Waals surface area contributed by atoms with Gasteiger partial charge in [0.1, 0.15) is 12.6 Å². The van der Waals surface area contributed by atoms with Gasteiger partial charge in [0.2, 0.25) is 21.8 Å². The SMILES string of the molecule is CCCNC(=O)C(Cc1ccccc1)N(Cc1ccc(Cl)cc1Cl)C(=O)CN(c1cccc(Cl)c1C)S(C)(=O)=O. The maximum Gasteiger partial charge on any atom is 0.244 e. The number of sulfonamides is 1. The Morgan fingerprint density at radius 1 is 0.950 bits per heavy atom. The first-order valence-electron chi connectivity index (χ1n) is 12.7. The largest absolute Gasteiger partial charge is 0.354 e. The van der Waals surface area contributed by atoms with Crippen LogP contribution in [-0.2, 0) is 32.6 Å². The van der Waals surface area contributed by atoms with Crippen molar-refractivity contribution < 1.29 is 18.0 Å². The molecule has 2 amide bonds. The van der Waals surface area contributed by atoms with E-state index in [1.807, 2.05) is 37.3 Å². The Kier molecular flexibility index (Phi) is 11.3. The van der Waals surface area contributed by atoms with Crippen molar-refractivity contribution in [3.8, 4) is 0 Å². The number of hydrogen-bond acceptors (Lipinski definition) is 4. The summed E-state index contributed by atoms with van der Waals surface area (Å²) in [7, 11) is -3.91. The minimum absolute atomic E-state index is 0.0436. The third kappa shape index (κ3) is 8.36. The molecule has 0 aliphatic rings. The van der Waals surface area contributed by atoms with Gasteiger partial charge in [0.15, 0.2) is 0 Å². The van der Waals surface area contributed by atoms with Gasteiger partial charge in [-0.15, -0.1) is 0 Å². The number of carbonyl (C=O) groups is 2. The number of amides is 2. The van der Waals surface area contributed by atoms with Crippen LogP contribution in [0.25, 0.3) is 0 Å². The van der Waals surface area contributed by atoms with Crippen molar-refractivity contribution in [3.63, 3.8) is 0 Å². The molecule has 0 fully saturated rings. The van der Waals surface area contributed by atoms with E-state index < -0.39 is 28.5 Å². The van der Waals surface area contributed by atoms with Crippen molar-refractivity contribution in [3.05, 3.63) is 98.5 Å². The number of nitrogens with zero attached hydrogens (tertiary/aromatic N) is 2. The molecule has 214 valence electrons. The fourth-order valence-corrected chi connectivity index (χ4v) is 5.75. The van der Waals surface area contributed by atoms with E-state index in [1.54, 1.807) is 43.3 Å². The maximum atomic E-state index is 14.1. The number of hydrogen-bond donors (Lipinski definition) is 1. The van der Waals surface area contributed by atoms with E-state index in [0.717, 1.165) is 16.1 Å². The van der Waals surface area contributed by atoms with Crippen molar-refractivity contribution in [2.75, 3.05) is 23.7 Å². The highest BCUT2D eigenvalue weighted by atomic mass is 35.5. The molecular formula is C29H32Cl3N3O4S. The van der Waals surface area contributed by atoms with Crippen molar-refractivity contribution in [2.24, 2.45) is 0 Å². The van der Waals surface area contributed by atoms with Crippen molar-refractivity contribution in [2.45, 2.75) is 39.3 Å². The normalized spacial score (nSPS) is 12.1. The number of nitrogens with one attached hydrogen (secondary N) is 1. The van der Waals surface area contributed by atoms with Gasteiger partial charge < -0.3 is 10.2 Å². The van der Waals surface area contributed by atoms with Gasteiger partial charge in [0, 0.05) is 34.6 Å². The Balaban J connectivity index is 2.10. The molecule has 0 saturated heterocycles. The van der Waals surface area contributed by atoms with E-state index in [2.05, 4.69) is 5.32 Å². The van der Waals surface area contributed by atoms with E-state index >= 15 is 0 Å². The van der Waals surface area contributed by atoms with Gasteiger partial charge in [0.05, 0.1) is 11.9 Å². The topological polar surface area (TPSA) is 86.8 Å². The van der Waals surface area contributed by atoms with Crippen LogP contribution in [0, 0.1) is 6.92 Å². The summed E-state index contributed by atoms with van der Waals surface area (Å²) in [5.41, 5.74) is 2.19. The second-order valence-electron chi connectivity index (χ2n) is 9.41. The monoisotopic (exact) mass is 623 g/mol. The lowest BCUT2D eigenvalue weighted by molar-refractivity contribution is -0.140. The standard InChI is InChI=1S/C29H32Cl3N3O4S/c1-4-15-33-29(37)27(16-21-9-6-5-7-10-21)34(18-22-13-14-23(30)17-25(22)32)28(36)19-35(40(3,38)39)26-12-8-11-24(31)20(26)2/h5-14,17,27H,4,15-16,18-19H2,1-3H3,(H,33,37). The second kappa shape index (κ2) is 14.2. The molecule has 3 rings (SSSR count). The first-order valence-corrected chi connectivity index (χ1v) is 15.7. The summed E-state index contributed by atoms with van der Waals surface area (Å²) < 4.78 is 26.9. The van der Waals surface area contributed by atoms with Crippen molar-refractivity contribution in [1.29, 1.82) is 0 Å². The zero-order valence-corrected chi connectivity index (χ0v) is 25.6. The summed E-state index contributed by atoms with van der Waals surface area (Å²) in [6.07, 6.45) is 1.94. The Morgan fingerprint density at radius 2 is 1.65 bits per heavy atom. The molecule has 3 aromatic carbocycles. The first-order chi connectivity index (χ1) is 18.9. The lowest BCUT2D eigenvalue weighted by Gasteiger charge is -2.34. The van der Waals surface area contributed by atoms with Crippen LogP contribution in [0.5, 0.6) is 0 Å². The molecule has 40 heavy (non-hydrogen) atoms. The molecule has 1 atom stereocenters. The molecule has 0 radical (unpaired) electrons. The summed E-state index contributed by atoms with van der Waals surface area (Å²) in [6.45, 7) is 3.45. The molecule has 0 heterocycles. The van der Waals surface area contributed by atoms with E-state index in [-0.39, 0.29) is 24.6 Å². The van der Waals surface area contributed by atoms with E-state index in [0.29, 0.717) is 39.2 Å². The Labute approximate surface area is 251 Å². The number of rotatable bonds is 12. The van der Waals surface area contributed by atoms with Gasteiger partial charge >= 0.3 is 0 Å². The Bertz CT molecular complexity index is 1450. The average Bonchev–Trinajstić information content (AvgIpc) is 2.90. The number of anilines is 1. The minimum atomic E-state index is -3.91. The van der Waals surface area contributed by atoms with Crippen LogP contribution >= 0.6 is 34.8 Å². The van der Waals surface area contributed by atoms with E-state index in [1.165, 1.54) is 4.90 Å². The van der Waals surface area contributed by atoms with Crippen molar-refractivity contribution in [1.82, 2.24) is 10.2 Å². The number of benzene rings is 3. The van der Waals surface area contributed by atoms with Crippen molar-refractivity contribution >= 4 is 62.3 Å².